The fraction of sp³-hybridized carbons (Fsp3) is 0.409. The van der Waals surface area contributed by atoms with Gasteiger partial charge in [0.25, 0.3) is 0 Å². The summed E-state index contributed by atoms with van der Waals surface area (Å²) >= 11 is 1.23. The van der Waals surface area contributed by atoms with Crippen LogP contribution < -0.4 is 10.4 Å². The third-order valence-corrected chi connectivity index (χ3v) is 5.96. The number of benzene rings is 1. The molecule has 6 nitrogen and oxygen atoms in total. The van der Waals surface area contributed by atoms with Gasteiger partial charge in [0, 0.05) is 28.7 Å². The van der Waals surface area contributed by atoms with Crippen molar-refractivity contribution < 1.29 is 24.2 Å². The molecule has 0 radical (unpaired) electrons. The van der Waals surface area contributed by atoms with E-state index in [0.29, 0.717) is 29.0 Å². The lowest BCUT2D eigenvalue weighted by Crippen LogP contribution is -2.42. The predicted octanol–water partition coefficient (Wildman–Crippen LogP) is 3.48. The van der Waals surface area contributed by atoms with Gasteiger partial charge in [0.05, 0.1) is 6.10 Å². The molecule has 0 bridgehead atoms. The molecule has 1 amide bonds. The first-order valence-corrected chi connectivity index (χ1v) is 10.7. The molecule has 7 heteroatoms. The molecule has 154 valence electrons. The van der Waals surface area contributed by atoms with Crippen molar-refractivity contribution >= 4 is 34.2 Å². The van der Waals surface area contributed by atoms with Gasteiger partial charge in [-0.15, -0.1) is 11.3 Å². The fourth-order valence-corrected chi connectivity index (χ4v) is 4.65. The Labute approximate surface area is 173 Å². The minimum absolute atomic E-state index is 0.295. The largest absolute Gasteiger partial charge is 0.550 e. The summed E-state index contributed by atoms with van der Waals surface area (Å²) in [5.41, 5.74) is 1.81. The Morgan fingerprint density at radius 2 is 1.76 bits per heavy atom. The molecule has 3 rings (SSSR count). The van der Waals surface area contributed by atoms with Crippen molar-refractivity contribution in [2.75, 3.05) is 5.32 Å². The minimum Gasteiger partial charge on any atom is -0.550 e. The molecule has 2 atom stereocenters. The number of amides is 1. The summed E-state index contributed by atoms with van der Waals surface area (Å²) in [6.45, 7) is 3.52. The standard InChI is InChI=1S/C22H25NO5S/c1-13(2)28-22(27)18-17(14-8-4-3-5-9-14)12-29-20(18)23-19(24)15-10-6-7-11-16(15)21(25)26/h3-5,8-9,12-13,15-16H,6-7,10-11H2,1-2H3,(H,23,24)(H,25,26)/p-1/t15-,16+/m1/s1. The summed E-state index contributed by atoms with van der Waals surface area (Å²) in [4.78, 5) is 37.1. The molecule has 0 spiro atoms. The number of carbonyl (C=O) groups is 3. The van der Waals surface area contributed by atoms with Crippen molar-refractivity contribution in [1.82, 2.24) is 0 Å². The summed E-state index contributed by atoms with van der Waals surface area (Å²) in [6, 6.07) is 9.39. The Bertz CT molecular complexity index is 890. The summed E-state index contributed by atoms with van der Waals surface area (Å²) in [5.74, 6) is -3.57. The van der Waals surface area contributed by atoms with Crippen LogP contribution in [0.2, 0.25) is 0 Å². The molecular formula is C22H24NO5S-. The molecule has 1 aliphatic carbocycles. The lowest BCUT2D eigenvalue weighted by Gasteiger charge is -2.31. The first-order chi connectivity index (χ1) is 13.9. The van der Waals surface area contributed by atoms with Crippen LogP contribution in [0.15, 0.2) is 35.7 Å². The van der Waals surface area contributed by atoms with E-state index in [1.54, 1.807) is 19.2 Å². The lowest BCUT2D eigenvalue weighted by molar-refractivity contribution is -0.313. The molecule has 2 aromatic rings. The summed E-state index contributed by atoms with van der Waals surface area (Å²) < 4.78 is 5.40. The number of anilines is 1. The number of carboxylic acid groups (broad SMARTS) is 1. The van der Waals surface area contributed by atoms with E-state index in [9.17, 15) is 19.5 Å². The zero-order valence-electron chi connectivity index (χ0n) is 16.5. The highest BCUT2D eigenvalue weighted by Gasteiger charge is 2.33. The molecule has 1 heterocycles. The number of hydrogen-bond acceptors (Lipinski definition) is 6. The van der Waals surface area contributed by atoms with Gasteiger partial charge in [-0.25, -0.2) is 4.79 Å². The van der Waals surface area contributed by atoms with Gasteiger partial charge in [0.2, 0.25) is 5.91 Å². The van der Waals surface area contributed by atoms with Gasteiger partial charge in [0.1, 0.15) is 10.6 Å². The van der Waals surface area contributed by atoms with Gasteiger partial charge in [-0.3, -0.25) is 4.79 Å². The maximum absolute atomic E-state index is 12.9. The molecule has 1 fully saturated rings. The second-order valence-corrected chi connectivity index (χ2v) is 8.36. The number of thiophene rings is 1. The van der Waals surface area contributed by atoms with E-state index >= 15 is 0 Å². The molecule has 1 N–H and O–H groups in total. The number of carboxylic acids is 1. The summed E-state index contributed by atoms with van der Waals surface area (Å²) in [6.07, 6.45) is 2.18. The van der Waals surface area contributed by atoms with Gasteiger partial charge in [-0.1, -0.05) is 43.2 Å². The Morgan fingerprint density at radius 1 is 1.10 bits per heavy atom. The van der Waals surface area contributed by atoms with Crippen molar-refractivity contribution in [1.29, 1.82) is 0 Å². The second-order valence-electron chi connectivity index (χ2n) is 7.48. The molecule has 0 saturated heterocycles. The number of esters is 1. The highest BCUT2D eigenvalue weighted by atomic mass is 32.1. The van der Waals surface area contributed by atoms with Crippen molar-refractivity contribution in [3.63, 3.8) is 0 Å². The summed E-state index contributed by atoms with van der Waals surface area (Å²) in [7, 11) is 0. The molecule has 0 aliphatic heterocycles. The molecule has 1 aromatic heterocycles. The van der Waals surface area contributed by atoms with E-state index in [0.717, 1.165) is 18.4 Å². The van der Waals surface area contributed by atoms with E-state index in [2.05, 4.69) is 5.32 Å². The quantitative estimate of drug-likeness (QED) is 0.730. The highest BCUT2D eigenvalue weighted by molar-refractivity contribution is 7.15. The maximum Gasteiger partial charge on any atom is 0.342 e. The normalized spacial score (nSPS) is 19.0. The van der Waals surface area contributed by atoms with E-state index < -0.39 is 23.8 Å². The molecule has 29 heavy (non-hydrogen) atoms. The van der Waals surface area contributed by atoms with Crippen LogP contribution in [0, 0.1) is 11.8 Å². The van der Waals surface area contributed by atoms with Crippen LogP contribution in [-0.2, 0) is 14.3 Å². The summed E-state index contributed by atoms with van der Waals surface area (Å²) in [5, 5.41) is 16.4. The van der Waals surface area contributed by atoms with E-state index in [4.69, 9.17) is 4.74 Å². The average molecular weight is 415 g/mol. The highest BCUT2D eigenvalue weighted by Crippen LogP contribution is 2.38. The molecule has 0 unspecified atom stereocenters. The number of rotatable bonds is 6. The van der Waals surface area contributed by atoms with Crippen LogP contribution in [0.1, 0.15) is 49.9 Å². The number of aliphatic carboxylic acids is 1. The first kappa shape index (κ1) is 21.0. The monoisotopic (exact) mass is 414 g/mol. The minimum atomic E-state index is -1.19. The third-order valence-electron chi connectivity index (χ3n) is 5.06. The smallest absolute Gasteiger partial charge is 0.342 e. The van der Waals surface area contributed by atoms with Gasteiger partial charge >= 0.3 is 5.97 Å². The third kappa shape index (κ3) is 4.85. The van der Waals surface area contributed by atoms with E-state index in [1.165, 1.54) is 11.3 Å². The zero-order valence-corrected chi connectivity index (χ0v) is 17.3. The van der Waals surface area contributed by atoms with Gasteiger partial charge in [-0.2, -0.15) is 0 Å². The number of nitrogens with one attached hydrogen (secondary N) is 1. The molecular weight excluding hydrogens is 390 g/mol. The number of carbonyl (C=O) groups excluding carboxylic acids is 3. The van der Waals surface area contributed by atoms with Crippen LogP contribution in [0.4, 0.5) is 5.00 Å². The molecule has 1 aliphatic rings. The van der Waals surface area contributed by atoms with Crippen LogP contribution in [0.3, 0.4) is 0 Å². The number of hydrogen-bond donors (Lipinski definition) is 1. The SMILES string of the molecule is CC(C)OC(=O)c1c(-c2ccccc2)csc1NC(=O)[C@@H]1CCCC[C@@H]1C(=O)[O-]. The second kappa shape index (κ2) is 9.22. The predicted molar refractivity (Wildman–Crippen MR) is 109 cm³/mol. The Morgan fingerprint density at radius 3 is 2.38 bits per heavy atom. The van der Waals surface area contributed by atoms with Crippen molar-refractivity contribution in [3.8, 4) is 11.1 Å². The van der Waals surface area contributed by atoms with Gasteiger partial charge < -0.3 is 20.0 Å². The van der Waals surface area contributed by atoms with Gasteiger partial charge in [-0.05, 0) is 32.3 Å². The Balaban J connectivity index is 1.92. The van der Waals surface area contributed by atoms with Crippen molar-refractivity contribution in [2.45, 2.75) is 45.6 Å². The Kier molecular flexibility index (Phi) is 6.69. The van der Waals surface area contributed by atoms with Crippen LogP contribution in [-0.4, -0.2) is 23.9 Å². The zero-order chi connectivity index (χ0) is 21.0. The van der Waals surface area contributed by atoms with E-state index in [1.807, 2.05) is 30.3 Å². The Hall–Kier alpha value is -2.67. The van der Waals surface area contributed by atoms with Crippen LogP contribution >= 0.6 is 11.3 Å². The van der Waals surface area contributed by atoms with Crippen molar-refractivity contribution in [2.24, 2.45) is 11.8 Å². The lowest BCUT2D eigenvalue weighted by atomic mass is 9.79. The fourth-order valence-electron chi connectivity index (χ4n) is 3.69. The van der Waals surface area contributed by atoms with Crippen LogP contribution in [0.25, 0.3) is 11.1 Å². The average Bonchev–Trinajstić information content (AvgIpc) is 3.11. The van der Waals surface area contributed by atoms with E-state index in [-0.39, 0.29) is 12.0 Å². The molecule has 1 aromatic carbocycles. The topological polar surface area (TPSA) is 95.5 Å². The van der Waals surface area contributed by atoms with Crippen LogP contribution in [0.5, 0.6) is 0 Å². The molecule has 1 saturated carbocycles. The van der Waals surface area contributed by atoms with Gasteiger partial charge in [0.15, 0.2) is 0 Å². The number of ether oxygens (including phenoxy) is 1. The first-order valence-electron chi connectivity index (χ1n) is 9.78. The van der Waals surface area contributed by atoms with Crippen molar-refractivity contribution in [3.05, 3.63) is 41.3 Å². The maximum atomic E-state index is 12.9.